The quantitative estimate of drug-likeness (QED) is 0.185. The Bertz CT molecular complexity index is 1450. The van der Waals surface area contributed by atoms with Crippen LogP contribution < -0.4 is 9.84 Å². The summed E-state index contributed by atoms with van der Waals surface area (Å²) in [4.78, 5) is 24.5. The van der Waals surface area contributed by atoms with E-state index in [4.69, 9.17) is 13.8 Å². The van der Waals surface area contributed by atoms with Crippen molar-refractivity contribution in [3.63, 3.8) is 0 Å². The minimum atomic E-state index is -5.32. The van der Waals surface area contributed by atoms with E-state index in [1.54, 1.807) is 36.4 Å². The van der Waals surface area contributed by atoms with Gasteiger partial charge in [0.1, 0.15) is 12.4 Å². The number of carbonyl (C=O) groups is 2. The van der Waals surface area contributed by atoms with E-state index in [0.29, 0.717) is 20.5 Å². The molecule has 7 nitrogen and oxygen atoms in total. The van der Waals surface area contributed by atoms with Crippen molar-refractivity contribution in [2.45, 2.75) is 12.3 Å². The zero-order valence-electron chi connectivity index (χ0n) is 19.6. The number of hydrogen-bond acceptors (Lipinski definition) is 7. The molecule has 0 aliphatic heterocycles. The van der Waals surface area contributed by atoms with E-state index in [2.05, 4.69) is 5.32 Å². The van der Waals surface area contributed by atoms with E-state index in [0.717, 1.165) is 23.5 Å². The van der Waals surface area contributed by atoms with Gasteiger partial charge in [0.15, 0.2) is 6.61 Å². The molecule has 1 aromatic heterocycles. The Hall–Kier alpha value is -3.59. The third-order valence-corrected chi connectivity index (χ3v) is 8.20. The SMILES string of the molecule is CNC(=O)c1cc2cc(C(F)(F)P(=O)(OCC(=O)OCc3ccccc3)Oc3ccccc3)ccc2s1. The summed E-state index contributed by atoms with van der Waals surface area (Å²) in [6, 6.07) is 21.2. The Morgan fingerprint density at radius 3 is 2.32 bits per heavy atom. The number of nitrogens with one attached hydrogen (secondary N) is 1. The molecule has 0 bridgehead atoms. The van der Waals surface area contributed by atoms with Crippen molar-refractivity contribution in [3.8, 4) is 5.75 Å². The Balaban J connectivity index is 1.59. The zero-order chi connectivity index (χ0) is 26.5. The van der Waals surface area contributed by atoms with Gasteiger partial charge in [-0.05, 0) is 41.3 Å². The Labute approximate surface area is 215 Å². The van der Waals surface area contributed by atoms with Crippen LogP contribution in [0, 0.1) is 0 Å². The fourth-order valence-electron chi connectivity index (χ4n) is 3.33. The number of ether oxygens (including phenoxy) is 1. The van der Waals surface area contributed by atoms with Crippen LogP contribution in [-0.2, 0) is 30.9 Å². The number of thiophene rings is 1. The van der Waals surface area contributed by atoms with Crippen molar-refractivity contribution >= 4 is 40.9 Å². The summed E-state index contributed by atoms with van der Waals surface area (Å²) in [5.74, 6) is -1.47. The predicted molar refractivity (Wildman–Crippen MR) is 136 cm³/mol. The largest absolute Gasteiger partial charge is 0.459 e. The van der Waals surface area contributed by atoms with Crippen LogP contribution in [0.3, 0.4) is 0 Å². The maximum Gasteiger partial charge on any atom is 0.453 e. The highest BCUT2D eigenvalue weighted by molar-refractivity contribution is 7.55. The maximum atomic E-state index is 15.8. The summed E-state index contributed by atoms with van der Waals surface area (Å²) in [6.45, 7) is -1.13. The number of hydrogen-bond donors (Lipinski definition) is 1. The topological polar surface area (TPSA) is 90.9 Å². The highest BCUT2D eigenvalue weighted by Crippen LogP contribution is 2.66. The summed E-state index contributed by atoms with van der Waals surface area (Å²) in [5.41, 5.74) is -4.12. The molecule has 11 heteroatoms. The lowest BCUT2D eigenvalue weighted by Gasteiger charge is -2.26. The molecule has 1 amide bonds. The Kier molecular flexibility index (Phi) is 8.02. The summed E-state index contributed by atoms with van der Waals surface area (Å²) in [5, 5.41) is 2.84. The van der Waals surface area contributed by atoms with Gasteiger partial charge in [-0.1, -0.05) is 54.6 Å². The van der Waals surface area contributed by atoms with E-state index >= 15 is 8.78 Å². The molecule has 0 saturated heterocycles. The standard InChI is InChI=1S/C26H22F2NO6PS/c1-29-25(31)23-15-19-14-20(12-13-22(19)37-23)26(27,28)36(32,35-21-10-6-3-7-11-21)34-17-24(30)33-16-18-8-4-2-5-9-18/h2-15H,16-17H2,1H3,(H,29,31). The summed E-state index contributed by atoms with van der Waals surface area (Å²) in [7, 11) is -3.86. The fourth-order valence-corrected chi connectivity index (χ4v) is 5.77. The van der Waals surface area contributed by atoms with Crippen LogP contribution in [0.1, 0.15) is 20.8 Å². The molecule has 0 fully saturated rings. The van der Waals surface area contributed by atoms with E-state index in [-0.39, 0.29) is 18.3 Å². The molecule has 1 heterocycles. The van der Waals surface area contributed by atoms with Gasteiger partial charge in [0.25, 0.3) is 5.91 Å². The zero-order valence-corrected chi connectivity index (χ0v) is 21.3. The number of para-hydroxylation sites is 1. The van der Waals surface area contributed by atoms with Crippen molar-refractivity contribution in [1.82, 2.24) is 5.32 Å². The lowest BCUT2D eigenvalue weighted by Crippen LogP contribution is -2.22. The van der Waals surface area contributed by atoms with Gasteiger partial charge in [0, 0.05) is 17.3 Å². The van der Waals surface area contributed by atoms with E-state index in [1.165, 1.54) is 43.4 Å². The summed E-state index contributed by atoms with van der Waals surface area (Å²) < 4.78 is 61.1. The number of halogens is 2. The molecule has 0 radical (unpaired) electrons. The van der Waals surface area contributed by atoms with E-state index < -0.39 is 31.4 Å². The van der Waals surface area contributed by atoms with Crippen LogP contribution in [0.15, 0.2) is 84.9 Å². The molecule has 1 unspecified atom stereocenters. The molecular weight excluding hydrogens is 523 g/mol. The number of benzene rings is 3. The fraction of sp³-hybridized carbons (Fsp3) is 0.154. The van der Waals surface area contributed by atoms with Gasteiger partial charge in [0.2, 0.25) is 0 Å². The molecule has 37 heavy (non-hydrogen) atoms. The molecule has 1 atom stereocenters. The normalized spacial score (nSPS) is 13.1. The predicted octanol–water partition coefficient (Wildman–Crippen LogP) is 6.34. The highest BCUT2D eigenvalue weighted by Gasteiger charge is 2.57. The van der Waals surface area contributed by atoms with Gasteiger partial charge in [0.05, 0.1) is 4.88 Å². The van der Waals surface area contributed by atoms with Gasteiger partial charge in [-0.25, -0.2) is 9.36 Å². The van der Waals surface area contributed by atoms with Crippen LogP contribution in [0.5, 0.6) is 5.75 Å². The van der Waals surface area contributed by atoms with Crippen molar-refractivity contribution in [2.24, 2.45) is 0 Å². The first kappa shape index (κ1) is 26.5. The minimum absolute atomic E-state index is 0.105. The third-order valence-electron chi connectivity index (χ3n) is 5.22. The smallest absolute Gasteiger partial charge is 0.453 e. The summed E-state index contributed by atoms with van der Waals surface area (Å²) >= 11 is 1.13. The molecule has 0 saturated carbocycles. The molecule has 0 aliphatic carbocycles. The van der Waals surface area contributed by atoms with Crippen molar-refractivity contribution in [3.05, 3.63) is 101 Å². The van der Waals surface area contributed by atoms with Crippen molar-refractivity contribution in [1.29, 1.82) is 0 Å². The first-order valence-corrected chi connectivity index (χ1v) is 13.4. The van der Waals surface area contributed by atoms with Gasteiger partial charge in [-0.3, -0.25) is 9.32 Å². The van der Waals surface area contributed by atoms with E-state index in [9.17, 15) is 14.2 Å². The number of carbonyl (C=O) groups excluding carboxylic acids is 2. The Morgan fingerprint density at radius 2 is 1.65 bits per heavy atom. The van der Waals surface area contributed by atoms with Gasteiger partial charge in [-0.2, -0.15) is 8.78 Å². The number of esters is 1. The van der Waals surface area contributed by atoms with Crippen LogP contribution in [-0.4, -0.2) is 25.5 Å². The third kappa shape index (κ3) is 6.05. The highest BCUT2D eigenvalue weighted by atomic mass is 32.1. The van der Waals surface area contributed by atoms with Crippen LogP contribution >= 0.6 is 18.9 Å². The molecule has 0 aliphatic rings. The number of amides is 1. The minimum Gasteiger partial charge on any atom is -0.459 e. The molecule has 192 valence electrons. The van der Waals surface area contributed by atoms with Crippen molar-refractivity contribution in [2.75, 3.05) is 13.7 Å². The van der Waals surface area contributed by atoms with Gasteiger partial charge >= 0.3 is 19.2 Å². The monoisotopic (exact) mass is 545 g/mol. The molecule has 1 N–H and O–H groups in total. The second-order valence-corrected chi connectivity index (χ2v) is 10.9. The lowest BCUT2D eigenvalue weighted by molar-refractivity contribution is -0.147. The first-order chi connectivity index (χ1) is 17.7. The van der Waals surface area contributed by atoms with Gasteiger partial charge < -0.3 is 14.6 Å². The van der Waals surface area contributed by atoms with Crippen LogP contribution in [0.2, 0.25) is 0 Å². The second kappa shape index (κ2) is 11.2. The summed E-state index contributed by atoms with van der Waals surface area (Å²) in [6.07, 6.45) is 0. The first-order valence-electron chi connectivity index (χ1n) is 11.0. The molecular formula is C26H22F2NO6PS. The number of rotatable bonds is 10. The van der Waals surface area contributed by atoms with Crippen molar-refractivity contribution < 1.29 is 36.7 Å². The average molecular weight is 546 g/mol. The Morgan fingerprint density at radius 1 is 0.973 bits per heavy atom. The van der Waals surface area contributed by atoms with Crippen LogP contribution in [0.4, 0.5) is 8.78 Å². The number of alkyl halides is 2. The lowest BCUT2D eigenvalue weighted by atomic mass is 10.1. The molecule has 4 aromatic rings. The van der Waals surface area contributed by atoms with Gasteiger partial charge in [-0.15, -0.1) is 11.3 Å². The average Bonchev–Trinajstić information content (AvgIpc) is 3.35. The van der Waals surface area contributed by atoms with Crippen LogP contribution in [0.25, 0.3) is 10.1 Å². The second-order valence-electron chi connectivity index (χ2n) is 7.81. The molecule has 3 aromatic carbocycles. The molecule has 4 rings (SSSR count). The van der Waals surface area contributed by atoms with E-state index in [1.807, 2.05) is 0 Å². The maximum absolute atomic E-state index is 15.8. The number of fused-ring (bicyclic) bond motifs is 1. The molecule has 0 spiro atoms.